The highest BCUT2D eigenvalue weighted by Gasteiger charge is 2.36. The summed E-state index contributed by atoms with van der Waals surface area (Å²) in [5, 5.41) is 0.403. The summed E-state index contributed by atoms with van der Waals surface area (Å²) in [6, 6.07) is 12.3. The summed E-state index contributed by atoms with van der Waals surface area (Å²) in [4.78, 5) is 29.2. The third-order valence-electron chi connectivity index (χ3n) is 4.92. The Hall–Kier alpha value is -2.29. The molecule has 0 saturated carbocycles. The second-order valence-corrected chi connectivity index (χ2v) is 8.20. The molecule has 2 aromatic rings. The van der Waals surface area contributed by atoms with Crippen molar-refractivity contribution >= 4 is 45.0 Å². The lowest BCUT2D eigenvalue weighted by molar-refractivity contribution is -0.142. The number of fused-ring (bicyclic) bond motifs is 1. The monoisotopic (exact) mass is 494 g/mol. The van der Waals surface area contributed by atoms with Gasteiger partial charge in [-0.05, 0) is 30.3 Å². The number of anilines is 1. The second kappa shape index (κ2) is 9.24. The first-order valence-corrected chi connectivity index (χ1v) is 10.7. The van der Waals surface area contributed by atoms with Gasteiger partial charge in [0, 0.05) is 17.6 Å². The smallest absolute Gasteiger partial charge is 0.265 e. The van der Waals surface area contributed by atoms with E-state index in [9.17, 15) is 9.59 Å². The number of halogens is 2. The quantitative estimate of drug-likeness (QED) is 0.652. The molecule has 2 amide bonds. The van der Waals surface area contributed by atoms with E-state index in [0.717, 1.165) is 4.47 Å². The highest BCUT2D eigenvalue weighted by Crippen LogP contribution is 2.34. The molecule has 0 bridgehead atoms. The van der Waals surface area contributed by atoms with Crippen molar-refractivity contribution < 1.29 is 23.8 Å². The largest absolute Gasteiger partial charge is 0.482 e. The number of benzene rings is 2. The average molecular weight is 496 g/mol. The number of amides is 2. The van der Waals surface area contributed by atoms with E-state index in [0.29, 0.717) is 48.5 Å². The van der Waals surface area contributed by atoms with Crippen LogP contribution in [-0.4, -0.2) is 62.3 Å². The number of ether oxygens (including phenoxy) is 3. The van der Waals surface area contributed by atoms with Crippen LogP contribution in [0.25, 0.3) is 0 Å². The molecule has 2 aromatic carbocycles. The van der Waals surface area contributed by atoms with Crippen LogP contribution in [0.5, 0.6) is 11.5 Å². The fourth-order valence-corrected chi connectivity index (χ4v) is 4.12. The molecule has 1 fully saturated rings. The molecule has 1 atom stereocenters. The van der Waals surface area contributed by atoms with E-state index in [1.807, 2.05) is 6.07 Å². The second-order valence-electron chi connectivity index (χ2n) is 6.88. The summed E-state index contributed by atoms with van der Waals surface area (Å²) in [6.07, 6.45) is -0.779. The van der Waals surface area contributed by atoms with Crippen LogP contribution in [-0.2, 0) is 14.3 Å². The highest BCUT2D eigenvalue weighted by atomic mass is 79.9. The molecule has 2 heterocycles. The molecule has 4 rings (SSSR count). The molecule has 0 aliphatic carbocycles. The minimum Gasteiger partial charge on any atom is -0.482 e. The minimum absolute atomic E-state index is 0.115. The van der Waals surface area contributed by atoms with Crippen molar-refractivity contribution in [2.75, 3.05) is 44.4 Å². The minimum atomic E-state index is -0.779. The van der Waals surface area contributed by atoms with Crippen LogP contribution >= 0.6 is 27.5 Å². The van der Waals surface area contributed by atoms with Crippen LogP contribution in [0, 0.1) is 0 Å². The van der Waals surface area contributed by atoms with Crippen LogP contribution in [0.1, 0.15) is 0 Å². The Morgan fingerprint density at radius 2 is 1.93 bits per heavy atom. The molecule has 158 valence electrons. The molecule has 7 nitrogen and oxygen atoms in total. The molecule has 0 aromatic heterocycles. The van der Waals surface area contributed by atoms with E-state index < -0.39 is 6.10 Å². The van der Waals surface area contributed by atoms with E-state index in [-0.39, 0.29) is 25.0 Å². The van der Waals surface area contributed by atoms with Gasteiger partial charge in [-0.15, -0.1) is 0 Å². The predicted molar refractivity (Wildman–Crippen MR) is 115 cm³/mol. The Morgan fingerprint density at radius 1 is 1.17 bits per heavy atom. The molecule has 2 aliphatic heterocycles. The standard InChI is InChI=1S/C21H20BrClN2O5/c22-14-5-6-17(15(23)11-14)29-13-20(26)25-12-19(21(27)24-7-9-28-10-8-24)30-18-4-2-1-3-16(18)25/h1-6,11,19H,7-10,12-13H2. The Morgan fingerprint density at radius 3 is 2.70 bits per heavy atom. The number of para-hydroxylation sites is 2. The van der Waals surface area contributed by atoms with E-state index in [1.54, 1.807) is 41.3 Å². The molecule has 30 heavy (non-hydrogen) atoms. The third kappa shape index (κ3) is 4.55. The average Bonchev–Trinajstić information content (AvgIpc) is 2.77. The zero-order valence-electron chi connectivity index (χ0n) is 16.1. The molecule has 1 saturated heterocycles. The summed E-state index contributed by atoms with van der Waals surface area (Å²) in [5.41, 5.74) is 0.610. The van der Waals surface area contributed by atoms with Gasteiger partial charge in [0.2, 0.25) is 0 Å². The molecular formula is C21H20BrClN2O5. The Kier molecular flexibility index (Phi) is 6.46. The van der Waals surface area contributed by atoms with E-state index in [4.69, 9.17) is 25.8 Å². The van der Waals surface area contributed by atoms with Gasteiger partial charge in [-0.3, -0.25) is 9.59 Å². The molecule has 0 spiro atoms. The highest BCUT2D eigenvalue weighted by molar-refractivity contribution is 9.10. The van der Waals surface area contributed by atoms with Gasteiger partial charge in [-0.2, -0.15) is 0 Å². The van der Waals surface area contributed by atoms with Crippen LogP contribution in [0.2, 0.25) is 5.02 Å². The van der Waals surface area contributed by atoms with E-state index >= 15 is 0 Å². The van der Waals surface area contributed by atoms with Gasteiger partial charge in [0.15, 0.2) is 12.7 Å². The van der Waals surface area contributed by atoms with E-state index in [1.165, 1.54) is 4.90 Å². The number of hydrogen-bond acceptors (Lipinski definition) is 5. The first-order chi connectivity index (χ1) is 14.5. The number of morpholine rings is 1. The number of hydrogen-bond donors (Lipinski definition) is 0. The van der Waals surface area contributed by atoms with Crippen molar-refractivity contribution in [1.82, 2.24) is 4.90 Å². The van der Waals surface area contributed by atoms with Crippen molar-refractivity contribution in [3.05, 3.63) is 52.0 Å². The lowest BCUT2D eigenvalue weighted by Gasteiger charge is -2.37. The maximum absolute atomic E-state index is 13.0. The van der Waals surface area contributed by atoms with Gasteiger partial charge in [-0.1, -0.05) is 39.7 Å². The van der Waals surface area contributed by atoms with Crippen LogP contribution in [0.4, 0.5) is 5.69 Å². The SMILES string of the molecule is O=C(C1CN(C(=O)COc2ccc(Br)cc2Cl)c2ccccc2O1)N1CCOCC1. The van der Waals surface area contributed by atoms with Crippen LogP contribution < -0.4 is 14.4 Å². The molecule has 1 unspecified atom stereocenters. The summed E-state index contributed by atoms with van der Waals surface area (Å²) >= 11 is 9.51. The zero-order valence-corrected chi connectivity index (χ0v) is 18.4. The third-order valence-corrected chi connectivity index (χ3v) is 5.71. The van der Waals surface area contributed by atoms with Crippen molar-refractivity contribution in [2.45, 2.75) is 6.10 Å². The lowest BCUT2D eigenvalue weighted by atomic mass is 10.1. The van der Waals surface area contributed by atoms with Gasteiger partial charge in [0.25, 0.3) is 11.8 Å². The molecule has 2 aliphatic rings. The van der Waals surface area contributed by atoms with Crippen molar-refractivity contribution in [3.63, 3.8) is 0 Å². The summed E-state index contributed by atoms with van der Waals surface area (Å²) in [6.45, 7) is 1.93. The Bertz CT molecular complexity index is 951. The summed E-state index contributed by atoms with van der Waals surface area (Å²) in [7, 11) is 0. The van der Waals surface area contributed by atoms with Crippen LogP contribution in [0.3, 0.4) is 0 Å². The number of carbonyl (C=O) groups excluding carboxylic acids is 2. The van der Waals surface area contributed by atoms with Crippen molar-refractivity contribution in [2.24, 2.45) is 0 Å². The fraction of sp³-hybridized carbons (Fsp3) is 0.333. The summed E-state index contributed by atoms with van der Waals surface area (Å²) in [5.74, 6) is 0.466. The summed E-state index contributed by atoms with van der Waals surface area (Å²) < 4.78 is 17.7. The number of nitrogens with zero attached hydrogens (tertiary/aromatic N) is 2. The Labute approximate surface area is 187 Å². The molecule has 9 heteroatoms. The topological polar surface area (TPSA) is 68.3 Å². The van der Waals surface area contributed by atoms with Gasteiger partial charge >= 0.3 is 0 Å². The van der Waals surface area contributed by atoms with Crippen LogP contribution in [0.15, 0.2) is 46.9 Å². The molecule has 0 radical (unpaired) electrons. The van der Waals surface area contributed by atoms with Crippen molar-refractivity contribution in [1.29, 1.82) is 0 Å². The van der Waals surface area contributed by atoms with Gasteiger partial charge in [0.1, 0.15) is 11.5 Å². The maximum Gasteiger partial charge on any atom is 0.265 e. The first kappa shape index (κ1) is 21.0. The maximum atomic E-state index is 13.0. The number of rotatable bonds is 4. The van der Waals surface area contributed by atoms with Crippen molar-refractivity contribution in [3.8, 4) is 11.5 Å². The van der Waals surface area contributed by atoms with Gasteiger partial charge in [-0.25, -0.2) is 0 Å². The number of carbonyl (C=O) groups is 2. The fourth-order valence-electron chi connectivity index (χ4n) is 3.40. The predicted octanol–water partition coefficient (Wildman–Crippen LogP) is 3.13. The Balaban J connectivity index is 1.50. The normalized spacial score (nSPS) is 18.4. The molecule has 0 N–H and O–H groups in total. The van der Waals surface area contributed by atoms with Gasteiger partial charge < -0.3 is 24.0 Å². The zero-order chi connectivity index (χ0) is 21.1. The lowest BCUT2D eigenvalue weighted by Crippen LogP contribution is -2.54. The molecular weight excluding hydrogens is 476 g/mol. The van der Waals surface area contributed by atoms with Gasteiger partial charge in [0.05, 0.1) is 30.5 Å². The van der Waals surface area contributed by atoms with E-state index in [2.05, 4.69) is 15.9 Å². The first-order valence-electron chi connectivity index (χ1n) is 9.53.